The number of carbonyl (C=O) groups excluding carboxylic acids is 2. The molecule has 4 rings (SSSR count). The summed E-state index contributed by atoms with van der Waals surface area (Å²) >= 11 is 0. The molecule has 6 heteroatoms. The maximum absolute atomic E-state index is 12.6. The lowest BCUT2D eigenvalue weighted by atomic mass is 10.0. The first-order valence-electron chi connectivity index (χ1n) is 9.27. The van der Waals surface area contributed by atoms with Gasteiger partial charge in [-0.2, -0.15) is 0 Å². The number of hydrogen-bond donors (Lipinski definition) is 4. The Kier molecular flexibility index (Phi) is 4.95. The van der Waals surface area contributed by atoms with Gasteiger partial charge in [-0.1, -0.05) is 36.4 Å². The number of nitrogens with one attached hydrogen (secondary N) is 3. The Labute approximate surface area is 162 Å². The third kappa shape index (κ3) is 3.54. The maximum Gasteiger partial charge on any atom is 0.237 e. The summed E-state index contributed by atoms with van der Waals surface area (Å²) in [6.45, 7) is 0. The fourth-order valence-corrected chi connectivity index (χ4v) is 3.59. The second-order valence-corrected chi connectivity index (χ2v) is 6.98. The van der Waals surface area contributed by atoms with Gasteiger partial charge in [-0.15, -0.1) is 0 Å². The highest BCUT2D eigenvalue weighted by molar-refractivity contribution is 5.88. The second-order valence-electron chi connectivity index (χ2n) is 6.98. The molecule has 0 saturated heterocycles. The molecule has 2 heterocycles. The number of nitrogens with two attached hydrogens (primary N) is 1. The van der Waals surface area contributed by atoms with Gasteiger partial charge in [-0.25, -0.2) is 0 Å². The molecule has 0 bridgehead atoms. The second kappa shape index (κ2) is 7.70. The molecule has 2 aromatic carbocycles. The molecule has 4 aromatic rings. The van der Waals surface area contributed by atoms with E-state index in [2.05, 4.69) is 15.3 Å². The lowest BCUT2D eigenvalue weighted by molar-refractivity contribution is -0.125. The smallest absolute Gasteiger partial charge is 0.237 e. The van der Waals surface area contributed by atoms with Crippen molar-refractivity contribution in [3.63, 3.8) is 0 Å². The van der Waals surface area contributed by atoms with Crippen LogP contribution in [0, 0.1) is 0 Å². The van der Waals surface area contributed by atoms with Crippen molar-refractivity contribution < 1.29 is 9.59 Å². The molecular weight excluding hydrogens is 352 g/mol. The van der Waals surface area contributed by atoms with Crippen molar-refractivity contribution >= 4 is 34.0 Å². The van der Waals surface area contributed by atoms with Crippen LogP contribution < -0.4 is 11.1 Å². The van der Waals surface area contributed by atoms with Crippen LogP contribution in [-0.2, 0) is 22.4 Å². The average Bonchev–Trinajstić information content (AvgIpc) is 3.32. The van der Waals surface area contributed by atoms with Gasteiger partial charge in [-0.3, -0.25) is 4.79 Å². The minimum Gasteiger partial charge on any atom is -0.361 e. The summed E-state index contributed by atoms with van der Waals surface area (Å²) in [5.41, 5.74) is 10.1. The highest BCUT2D eigenvalue weighted by Crippen LogP contribution is 2.20. The van der Waals surface area contributed by atoms with Crippen LogP contribution in [0.5, 0.6) is 0 Å². The monoisotopic (exact) mass is 374 g/mol. The Bertz CT molecular complexity index is 1130. The van der Waals surface area contributed by atoms with Crippen LogP contribution in [-0.4, -0.2) is 34.2 Å². The van der Waals surface area contributed by atoms with Crippen LogP contribution in [0.3, 0.4) is 0 Å². The molecule has 0 spiro atoms. The van der Waals surface area contributed by atoms with Crippen LogP contribution in [0.4, 0.5) is 0 Å². The van der Waals surface area contributed by atoms with E-state index in [1.165, 1.54) is 0 Å². The molecule has 0 aliphatic carbocycles. The molecule has 0 aliphatic rings. The fraction of sp³-hybridized carbons (Fsp3) is 0.182. The van der Waals surface area contributed by atoms with Crippen molar-refractivity contribution in [1.82, 2.24) is 15.3 Å². The SMILES string of the molecule is NC(Cc1c[nH]c2ccccc12)C(=O)NC(C=O)Cc1c[nH]c2ccccc12. The van der Waals surface area contributed by atoms with Gasteiger partial charge in [0.05, 0.1) is 12.1 Å². The first kappa shape index (κ1) is 18.0. The number of aromatic amines is 2. The Morgan fingerprint density at radius 3 is 2.04 bits per heavy atom. The topological polar surface area (TPSA) is 104 Å². The van der Waals surface area contributed by atoms with Gasteiger partial charge in [0.2, 0.25) is 5.91 Å². The van der Waals surface area contributed by atoms with E-state index in [4.69, 9.17) is 5.73 Å². The van der Waals surface area contributed by atoms with Crippen molar-refractivity contribution in [3.8, 4) is 0 Å². The normalized spacial score (nSPS) is 13.5. The van der Waals surface area contributed by atoms with Crippen LogP contribution >= 0.6 is 0 Å². The predicted octanol–water partition coefficient (Wildman–Crippen LogP) is 2.45. The van der Waals surface area contributed by atoms with Gasteiger partial charge in [0.15, 0.2) is 0 Å². The van der Waals surface area contributed by atoms with Crippen molar-refractivity contribution in [1.29, 1.82) is 0 Å². The molecule has 0 fully saturated rings. The molecule has 6 nitrogen and oxygen atoms in total. The summed E-state index contributed by atoms with van der Waals surface area (Å²) < 4.78 is 0. The van der Waals surface area contributed by atoms with Gasteiger partial charge in [-0.05, 0) is 29.7 Å². The average molecular weight is 374 g/mol. The third-order valence-electron chi connectivity index (χ3n) is 5.06. The summed E-state index contributed by atoms with van der Waals surface area (Å²) in [5.74, 6) is -0.331. The van der Waals surface area contributed by atoms with E-state index in [1.54, 1.807) is 0 Å². The summed E-state index contributed by atoms with van der Waals surface area (Å²) in [5, 5.41) is 4.87. The standard InChI is InChI=1S/C22H22N4O2/c23-19(10-15-12-25-21-8-4-2-6-18(15)21)22(28)26-16(13-27)9-14-11-24-20-7-3-1-5-17(14)20/h1-8,11-13,16,19,24-25H,9-10,23H2,(H,26,28). The fourth-order valence-electron chi connectivity index (χ4n) is 3.59. The number of benzene rings is 2. The number of aldehydes is 1. The van der Waals surface area contributed by atoms with E-state index in [-0.39, 0.29) is 5.91 Å². The van der Waals surface area contributed by atoms with Crippen LogP contribution in [0.15, 0.2) is 60.9 Å². The molecule has 2 unspecified atom stereocenters. The Morgan fingerprint density at radius 1 is 0.929 bits per heavy atom. The molecular formula is C22H22N4O2. The number of hydrogen-bond acceptors (Lipinski definition) is 3. The maximum atomic E-state index is 12.6. The molecule has 0 aliphatic heterocycles. The zero-order chi connectivity index (χ0) is 19.5. The number of carbonyl (C=O) groups is 2. The van der Waals surface area contributed by atoms with E-state index in [1.807, 2.05) is 60.9 Å². The van der Waals surface area contributed by atoms with E-state index in [0.29, 0.717) is 12.8 Å². The largest absolute Gasteiger partial charge is 0.361 e. The number of aromatic nitrogens is 2. The Hall–Kier alpha value is -3.38. The summed E-state index contributed by atoms with van der Waals surface area (Å²) in [7, 11) is 0. The Balaban J connectivity index is 1.43. The van der Waals surface area contributed by atoms with Crippen molar-refractivity contribution in [2.45, 2.75) is 24.9 Å². The van der Waals surface area contributed by atoms with Gasteiger partial charge >= 0.3 is 0 Å². The summed E-state index contributed by atoms with van der Waals surface area (Å²) in [6, 6.07) is 14.4. The minimum atomic E-state index is -0.732. The van der Waals surface area contributed by atoms with Crippen molar-refractivity contribution in [2.24, 2.45) is 5.73 Å². The van der Waals surface area contributed by atoms with Gasteiger partial charge in [0.1, 0.15) is 6.29 Å². The minimum absolute atomic E-state index is 0.331. The number of H-pyrrole nitrogens is 2. The predicted molar refractivity (Wildman–Crippen MR) is 110 cm³/mol. The number of fused-ring (bicyclic) bond motifs is 2. The molecule has 142 valence electrons. The first-order chi connectivity index (χ1) is 13.7. The summed E-state index contributed by atoms with van der Waals surface area (Å²) in [4.78, 5) is 30.5. The highest BCUT2D eigenvalue weighted by Gasteiger charge is 2.20. The molecule has 2 atom stereocenters. The molecule has 0 saturated carbocycles. The molecule has 2 aromatic heterocycles. The van der Waals surface area contributed by atoms with Gasteiger partial charge in [0.25, 0.3) is 0 Å². The highest BCUT2D eigenvalue weighted by atomic mass is 16.2. The van der Waals surface area contributed by atoms with Gasteiger partial charge in [0, 0.05) is 40.6 Å². The number of para-hydroxylation sites is 2. The van der Waals surface area contributed by atoms with Gasteiger partial charge < -0.3 is 25.8 Å². The lowest BCUT2D eigenvalue weighted by Crippen LogP contribution is -2.47. The Morgan fingerprint density at radius 2 is 1.46 bits per heavy atom. The first-order valence-corrected chi connectivity index (χ1v) is 9.27. The van der Waals surface area contributed by atoms with Crippen molar-refractivity contribution in [3.05, 3.63) is 72.1 Å². The zero-order valence-corrected chi connectivity index (χ0v) is 15.3. The third-order valence-corrected chi connectivity index (χ3v) is 5.06. The molecule has 5 N–H and O–H groups in total. The molecule has 1 amide bonds. The zero-order valence-electron chi connectivity index (χ0n) is 15.3. The van der Waals surface area contributed by atoms with Crippen LogP contribution in [0.1, 0.15) is 11.1 Å². The quantitative estimate of drug-likeness (QED) is 0.374. The molecule has 28 heavy (non-hydrogen) atoms. The van der Waals surface area contributed by atoms with E-state index in [0.717, 1.165) is 39.2 Å². The molecule has 0 radical (unpaired) electrons. The van der Waals surface area contributed by atoms with Crippen LogP contribution in [0.2, 0.25) is 0 Å². The van der Waals surface area contributed by atoms with Crippen molar-refractivity contribution in [2.75, 3.05) is 0 Å². The van der Waals surface area contributed by atoms with E-state index in [9.17, 15) is 9.59 Å². The van der Waals surface area contributed by atoms with E-state index >= 15 is 0 Å². The number of rotatable bonds is 7. The van der Waals surface area contributed by atoms with E-state index < -0.39 is 12.1 Å². The lowest BCUT2D eigenvalue weighted by Gasteiger charge is -2.16. The number of amides is 1. The van der Waals surface area contributed by atoms with Crippen LogP contribution in [0.25, 0.3) is 21.8 Å². The summed E-state index contributed by atoms with van der Waals surface area (Å²) in [6.07, 6.45) is 5.33.